The predicted octanol–water partition coefficient (Wildman–Crippen LogP) is 2.41. The molecule has 1 saturated heterocycles. The minimum absolute atomic E-state index is 0.139. The first-order valence-electron chi connectivity index (χ1n) is 6.71. The Balaban J connectivity index is 1.55. The molecule has 2 N–H and O–H groups in total. The largest absolute Gasteiger partial charge is 0.361 e. The Morgan fingerprint density at radius 2 is 2.21 bits per heavy atom. The van der Waals surface area contributed by atoms with Gasteiger partial charge in [-0.3, -0.25) is 0 Å². The van der Waals surface area contributed by atoms with Crippen LogP contribution in [0.2, 0.25) is 0 Å². The van der Waals surface area contributed by atoms with Crippen LogP contribution in [0.15, 0.2) is 30.5 Å². The Labute approximate surface area is 113 Å². The summed E-state index contributed by atoms with van der Waals surface area (Å²) >= 11 is 0. The van der Waals surface area contributed by atoms with Crippen LogP contribution < -0.4 is 5.32 Å². The van der Waals surface area contributed by atoms with Crippen LogP contribution in [0.5, 0.6) is 0 Å². The highest BCUT2D eigenvalue weighted by Crippen LogP contribution is 2.22. The number of hydrogen-bond acceptors (Lipinski definition) is 3. The molecular formula is C15H20N2O2. The van der Waals surface area contributed by atoms with Gasteiger partial charge in [0.15, 0.2) is 5.79 Å². The topological polar surface area (TPSA) is 46.3 Å². The molecule has 0 spiro atoms. The first-order valence-corrected chi connectivity index (χ1v) is 6.71. The van der Waals surface area contributed by atoms with E-state index in [1.54, 1.807) is 0 Å². The van der Waals surface area contributed by atoms with E-state index in [0.717, 1.165) is 13.1 Å². The van der Waals surface area contributed by atoms with Gasteiger partial charge >= 0.3 is 0 Å². The SMILES string of the molecule is CC1(C)OCC(CNCc2c[nH]c3ccccc23)O1. The second kappa shape index (κ2) is 4.96. The van der Waals surface area contributed by atoms with Crippen LogP contribution in [0, 0.1) is 0 Å². The van der Waals surface area contributed by atoms with E-state index >= 15 is 0 Å². The molecule has 3 rings (SSSR count). The van der Waals surface area contributed by atoms with Gasteiger partial charge in [-0.2, -0.15) is 0 Å². The first kappa shape index (κ1) is 12.7. The number of aromatic nitrogens is 1. The number of ether oxygens (including phenoxy) is 2. The maximum Gasteiger partial charge on any atom is 0.163 e. The summed E-state index contributed by atoms with van der Waals surface area (Å²) in [6.07, 6.45) is 2.20. The lowest BCUT2D eigenvalue weighted by Gasteiger charge is -2.17. The second-order valence-corrected chi connectivity index (χ2v) is 5.44. The number of benzene rings is 1. The van der Waals surface area contributed by atoms with Gasteiger partial charge in [0.25, 0.3) is 0 Å². The van der Waals surface area contributed by atoms with E-state index in [4.69, 9.17) is 9.47 Å². The van der Waals surface area contributed by atoms with Crippen molar-refractivity contribution >= 4 is 10.9 Å². The van der Waals surface area contributed by atoms with E-state index in [1.807, 2.05) is 19.9 Å². The fourth-order valence-electron chi connectivity index (χ4n) is 2.51. The summed E-state index contributed by atoms with van der Waals surface area (Å²) < 4.78 is 11.3. The molecule has 0 radical (unpaired) electrons. The Kier molecular flexibility index (Phi) is 3.31. The third-order valence-corrected chi connectivity index (χ3v) is 3.43. The monoisotopic (exact) mass is 260 g/mol. The van der Waals surface area contributed by atoms with Crippen LogP contribution in [0.3, 0.4) is 0 Å². The molecule has 1 aliphatic rings. The summed E-state index contributed by atoms with van der Waals surface area (Å²) in [7, 11) is 0. The summed E-state index contributed by atoms with van der Waals surface area (Å²) in [5, 5.41) is 4.71. The molecule has 2 aromatic rings. The smallest absolute Gasteiger partial charge is 0.163 e. The van der Waals surface area contributed by atoms with E-state index < -0.39 is 5.79 Å². The van der Waals surface area contributed by atoms with Crippen LogP contribution >= 0.6 is 0 Å². The zero-order chi connectivity index (χ0) is 13.3. The number of nitrogens with one attached hydrogen (secondary N) is 2. The molecule has 102 valence electrons. The van der Waals surface area contributed by atoms with Gasteiger partial charge in [0.2, 0.25) is 0 Å². The Bertz CT molecular complexity index is 562. The van der Waals surface area contributed by atoms with Crippen molar-refractivity contribution in [1.29, 1.82) is 0 Å². The predicted molar refractivity (Wildman–Crippen MR) is 74.9 cm³/mol. The molecule has 1 aromatic carbocycles. The van der Waals surface area contributed by atoms with Gasteiger partial charge < -0.3 is 19.8 Å². The molecule has 2 heterocycles. The molecule has 19 heavy (non-hydrogen) atoms. The van der Waals surface area contributed by atoms with Crippen molar-refractivity contribution in [2.45, 2.75) is 32.3 Å². The number of H-pyrrole nitrogens is 1. The standard InChI is InChI=1S/C15H20N2O2/c1-15(2)18-10-12(19-15)9-16-7-11-8-17-14-6-4-3-5-13(11)14/h3-6,8,12,16-17H,7,9-10H2,1-2H3. The molecule has 0 aliphatic carbocycles. The molecule has 0 amide bonds. The fourth-order valence-corrected chi connectivity index (χ4v) is 2.51. The number of hydrogen-bond donors (Lipinski definition) is 2. The maximum atomic E-state index is 5.76. The van der Waals surface area contributed by atoms with Crippen LogP contribution in [0.1, 0.15) is 19.4 Å². The van der Waals surface area contributed by atoms with Crippen molar-refractivity contribution in [2.75, 3.05) is 13.2 Å². The molecule has 1 fully saturated rings. The summed E-state index contributed by atoms with van der Waals surface area (Å²) in [5.74, 6) is -0.437. The molecular weight excluding hydrogens is 240 g/mol. The third kappa shape index (κ3) is 2.81. The van der Waals surface area contributed by atoms with E-state index in [2.05, 4.69) is 34.7 Å². The average Bonchev–Trinajstić information content (AvgIpc) is 2.94. The average molecular weight is 260 g/mol. The van der Waals surface area contributed by atoms with Gasteiger partial charge in [0.1, 0.15) is 0 Å². The number of para-hydroxylation sites is 1. The minimum Gasteiger partial charge on any atom is -0.361 e. The lowest BCUT2D eigenvalue weighted by molar-refractivity contribution is -0.137. The zero-order valence-electron chi connectivity index (χ0n) is 11.4. The van der Waals surface area contributed by atoms with Crippen molar-refractivity contribution in [2.24, 2.45) is 0 Å². The van der Waals surface area contributed by atoms with Gasteiger partial charge in [0.05, 0.1) is 12.7 Å². The molecule has 1 unspecified atom stereocenters. The first-order chi connectivity index (χ1) is 9.14. The van der Waals surface area contributed by atoms with Gasteiger partial charge in [-0.05, 0) is 25.5 Å². The highest BCUT2D eigenvalue weighted by atomic mass is 16.7. The zero-order valence-corrected chi connectivity index (χ0v) is 11.4. The fraction of sp³-hybridized carbons (Fsp3) is 0.467. The van der Waals surface area contributed by atoms with Crippen molar-refractivity contribution in [3.05, 3.63) is 36.0 Å². The molecule has 0 saturated carbocycles. The Morgan fingerprint density at radius 3 is 3.00 bits per heavy atom. The lowest BCUT2D eigenvalue weighted by Crippen LogP contribution is -2.30. The summed E-state index contributed by atoms with van der Waals surface area (Å²) in [6, 6.07) is 8.34. The quantitative estimate of drug-likeness (QED) is 0.887. The summed E-state index contributed by atoms with van der Waals surface area (Å²) in [5.41, 5.74) is 2.47. The Morgan fingerprint density at radius 1 is 1.37 bits per heavy atom. The maximum absolute atomic E-state index is 5.76. The van der Waals surface area contributed by atoms with Crippen molar-refractivity contribution in [3.63, 3.8) is 0 Å². The summed E-state index contributed by atoms with van der Waals surface area (Å²) in [6.45, 7) is 6.21. The number of fused-ring (bicyclic) bond motifs is 1. The van der Waals surface area contributed by atoms with Crippen molar-refractivity contribution in [3.8, 4) is 0 Å². The molecule has 4 heteroatoms. The van der Waals surface area contributed by atoms with Crippen LogP contribution in [-0.2, 0) is 16.0 Å². The van der Waals surface area contributed by atoms with E-state index in [-0.39, 0.29) is 6.10 Å². The minimum atomic E-state index is -0.437. The summed E-state index contributed by atoms with van der Waals surface area (Å²) in [4.78, 5) is 3.28. The van der Waals surface area contributed by atoms with Crippen LogP contribution in [-0.4, -0.2) is 30.0 Å². The highest BCUT2D eigenvalue weighted by Gasteiger charge is 2.32. The van der Waals surface area contributed by atoms with E-state index in [1.165, 1.54) is 16.5 Å². The van der Waals surface area contributed by atoms with Crippen LogP contribution in [0.4, 0.5) is 0 Å². The number of aromatic amines is 1. The normalized spacial score (nSPS) is 22.1. The second-order valence-electron chi connectivity index (χ2n) is 5.44. The van der Waals surface area contributed by atoms with Gasteiger partial charge in [-0.15, -0.1) is 0 Å². The van der Waals surface area contributed by atoms with Gasteiger partial charge in [-0.25, -0.2) is 0 Å². The molecule has 4 nitrogen and oxygen atoms in total. The van der Waals surface area contributed by atoms with Gasteiger partial charge in [-0.1, -0.05) is 18.2 Å². The van der Waals surface area contributed by atoms with Crippen LogP contribution in [0.25, 0.3) is 10.9 Å². The third-order valence-electron chi connectivity index (χ3n) is 3.43. The molecule has 1 aromatic heterocycles. The van der Waals surface area contributed by atoms with E-state index in [0.29, 0.717) is 6.61 Å². The lowest BCUT2D eigenvalue weighted by atomic mass is 10.2. The Hall–Kier alpha value is -1.36. The van der Waals surface area contributed by atoms with E-state index in [9.17, 15) is 0 Å². The molecule has 1 atom stereocenters. The highest BCUT2D eigenvalue weighted by molar-refractivity contribution is 5.82. The van der Waals surface area contributed by atoms with Crippen molar-refractivity contribution < 1.29 is 9.47 Å². The molecule has 1 aliphatic heterocycles. The van der Waals surface area contributed by atoms with Crippen molar-refractivity contribution in [1.82, 2.24) is 10.3 Å². The number of rotatable bonds is 4. The van der Waals surface area contributed by atoms with Gasteiger partial charge in [0, 0.05) is 30.2 Å². The molecule has 0 bridgehead atoms.